The van der Waals surface area contributed by atoms with Crippen LogP contribution >= 0.6 is 0 Å². The molecule has 14 heavy (non-hydrogen) atoms. The first-order valence-electron chi connectivity index (χ1n) is 3.82. The Morgan fingerprint density at radius 1 is 1.00 bits per heavy atom. The third kappa shape index (κ3) is 1.10. The van der Waals surface area contributed by atoms with Crippen LogP contribution in [0.2, 0.25) is 0 Å². The number of nitrogens with one attached hydrogen (secondary N) is 3. The van der Waals surface area contributed by atoms with Crippen LogP contribution in [0.15, 0.2) is 0 Å². The number of hydrazine groups is 2. The third-order valence-electron chi connectivity index (χ3n) is 2.09. The molecule has 1 fully saturated rings. The van der Waals surface area contributed by atoms with Gasteiger partial charge in [0.25, 0.3) is 11.8 Å². The first-order valence-corrected chi connectivity index (χ1v) is 3.82. The minimum Gasteiger partial charge on any atom is -0.298 e. The molecule has 0 bridgehead atoms. The number of hydrogen-bond acceptors (Lipinski definition) is 5. The molecule has 1 heterocycles. The van der Waals surface area contributed by atoms with E-state index in [1.807, 2.05) is 16.4 Å². The van der Waals surface area contributed by atoms with Gasteiger partial charge in [-0.1, -0.05) is 0 Å². The summed E-state index contributed by atoms with van der Waals surface area (Å²) in [6, 6.07) is 0. The van der Waals surface area contributed by atoms with Gasteiger partial charge in [-0.3, -0.25) is 30.0 Å². The Morgan fingerprint density at radius 2 is 1.36 bits per heavy atom. The molecule has 0 atom stereocenters. The molecule has 0 aromatic rings. The van der Waals surface area contributed by atoms with E-state index in [1.165, 1.54) is 0 Å². The molecule has 0 saturated carbocycles. The lowest BCUT2D eigenvalue weighted by Gasteiger charge is -2.30. The smallest absolute Gasteiger partial charge is 0.266 e. The SMILES string of the molecule is CC(=O)C1(C(C)=O)C(=O)NNNC1=O. The molecule has 7 heteroatoms. The fraction of sp³-hybridized carbons (Fsp3) is 0.429. The Bertz CT molecular complexity index is 304. The Kier molecular flexibility index (Phi) is 2.35. The molecule has 0 aromatic heterocycles. The third-order valence-corrected chi connectivity index (χ3v) is 2.09. The highest BCUT2D eigenvalue weighted by Crippen LogP contribution is 2.22. The van der Waals surface area contributed by atoms with Crippen LogP contribution in [-0.4, -0.2) is 23.4 Å². The van der Waals surface area contributed by atoms with Gasteiger partial charge in [0.15, 0.2) is 11.6 Å². The quantitative estimate of drug-likeness (QED) is 0.438. The molecule has 3 N–H and O–H groups in total. The second-order valence-electron chi connectivity index (χ2n) is 2.90. The molecular formula is C7H9N3O4. The molecule has 1 saturated heterocycles. The Labute approximate surface area is 79.2 Å². The number of ketones is 2. The van der Waals surface area contributed by atoms with Gasteiger partial charge in [0, 0.05) is 0 Å². The molecule has 7 nitrogen and oxygen atoms in total. The number of hydrogen-bond donors (Lipinski definition) is 3. The van der Waals surface area contributed by atoms with Crippen molar-refractivity contribution in [2.24, 2.45) is 5.41 Å². The van der Waals surface area contributed by atoms with Gasteiger partial charge in [-0.2, -0.15) is 0 Å². The van der Waals surface area contributed by atoms with Crippen LogP contribution in [0.4, 0.5) is 0 Å². The first kappa shape index (κ1) is 10.3. The molecule has 1 aliphatic rings. The number of carbonyl (C=O) groups is 4. The summed E-state index contributed by atoms with van der Waals surface area (Å²) in [5.41, 5.74) is 3.81. The highest BCUT2D eigenvalue weighted by molar-refractivity contribution is 6.37. The molecular weight excluding hydrogens is 190 g/mol. The van der Waals surface area contributed by atoms with Gasteiger partial charge >= 0.3 is 0 Å². The molecule has 0 radical (unpaired) electrons. The van der Waals surface area contributed by atoms with E-state index in [2.05, 4.69) is 0 Å². The average Bonchev–Trinajstić information content (AvgIpc) is 2.02. The number of rotatable bonds is 2. The summed E-state index contributed by atoms with van der Waals surface area (Å²) in [6.45, 7) is 2.04. The van der Waals surface area contributed by atoms with Gasteiger partial charge in [0.1, 0.15) is 0 Å². The van der Waals surface area contributed by atoms with Crippen molar-refractivity contribution in [3.8, 4) is 0 Å². The largest absolute Gasteiger partial charge is 0.298 e. The molecule has 0 aliphatic carbocycles. The van der Waals surface area contributed by atoms with Crippen molar-refractivity contribution < 1.29 is 19.2 Å². The highest BCUT2D eigenvalue weighted by Gasteiger charge is 2.56. The van der Waals surface area contributed by atoms with E-state index in [0.29, 0.717) is 0 Å². The summed E-state index contributed by atoms with van der Waals surface area (Å²) in [4.78, 5) is 45.1. The highest BCUT2D eigenvalue weighted by atomic mass is 16.2. The lowest BCUT2D eigenvalue weighted by molar-refractivity contribution is -0.159. The van der Waals surface area contributed by atoms with Gasteiger partial charge in [-0.05, 0) is 13.8 Å². The lowest BCUT2D eigenvalue weighted by atomic mass is 9.78. The van der Waals surface area contributed by atoms with Crippen LogP contribution in [-0.2, 0) is 19.2 Å². The zero-order valence-corrected chi connectivity index (χ0v) is 7.63. The average molecular weight is 199 g/mol. The number of Topliss-reactive ketones (excluding diaryl/α,β-unsaturated/α-hetero) is 2. The van der Waals surface area contributed by atoms with Crippen LogP contribution < -0.4 is 16.4 Å². The van der Waals surface area contributed by atoms with Crippen LogP contribution in [0.25, 0.3) is 0 Å². The zero-order chi connectivity index (χ0) is 10.9. The molecule has 1 rings (SSSR count). The normalized spacial score (nSPS) is 19.6. The number of carbonyl (C=O) groups excluding carboxylic acids is 4. The minimum absolute atomic E-state index is 0.804. The van der Waals surface area contributed by atoms with Crippen LogP contribution in [0.3, 0.4) is 0 Å². The molecule has 0 aromatic carbocycles. The van der Waals surface area contributed by atoms with E-state index in [0.717, 1.165) is 13.8 Å². The maximum absolute atomic E-state index is 11.3. The van der Waals surface area contributed by atoms with Crippen molar-refractivity contribution >= 4 is 23.4 Å². The van der Waals surface area contributed by atoms with Gasteiger partial charge in [-0.25, -0.2) is 0 Å². The summed E-state index contributed by atoms with van der Waals surface area (Å²) in [6.07, 6.45) is 0. The maximum Gasteiger partial charge on any atom is 0.266 e. The van der Waals surface area contributed by atoms with Crippen molar-refractivity contribution in [1.29, 1.82) is 0 Å². The van der Waals surface area contributed by atoms with Gasteiger partial charge < -0.3 is 0 Å². The predicted octanol–water partition coefficient (Wildman–Crippen LogP) is -2.18. The number of amides is 2. The lowest BCUT2D eigenvalue weighted by Crippen LogP contribution is -2.70. The van der Waals surface area contributed by atoms with E-state index in [4.69, 9.17) is 0 Å². The summed E-state index contributed by atoms with van der Waals surface area (Å²) in [5, 5.41) is 0. The summed E-state index contributed by atoms with van der Waals surface area (Å²) >= 11 is 0. The Balaban J connectivity index is 3.29. The van der Waals surface area contributed by atoms with E-state index in [1.54, 1.807) is 0 Å². The van der Waals surface area contributed by atoms with Gasteiger partial charge in [0.2, 0.25) is 5.41 Å². The predicted molar refractivity (Wildman–Crippen MR) is 43.2 cm³/mol. The second kappa shape index (κ2) is 3.18. The summed E-state index contributed by atoms with van der Waals surface area (Å²) < 4.78 is 0. The summed E-state index contributed by atoms with van der Waals surface area (Å²) in [7, 11) is 0. The fourth-order valence-electron chi connectivity index (χ4n) is 1.32. The van der Waals surface area contributed by atoms with Crippen molar-refractivity contribution in [1.82, 2.24) is 16.4 Å². The van der Waals surface area contributed by atoms with Crippen molar-refractivity contribution in [3.63, 3.8) is 0 Å². The van der Waals surface area contributed by atoms with Crippen LogP contribution in [0, 0.1) is 5.41 Å². The summed E-state index contributed by atoms with van der Waals surface area (Å²) in [5.74, 6) is -3.52. The van der Waals surface area contributed by atoms with Gasteiger partial charge in [-0.15, -0.1) is 5.53 Å². The van der Waals surface area contributed by atoms with Crippen molar-refractivity contribution in [2.45, 2.75) is 13.8 Å². The van der Waals surface area contributed by atoms with Crippen LogP contribution in [0.5, 0.6) is 0 Å². The topological polar surface area (TPSA) is 104 Å². The van der Waals surface area contributed by atoms with Crippen molar-refractivity contribution in [3.05, 3.63) is 0 Å². The van der Waals surface area contributed by atoms with E-state index in [9.17, 15) is 19.2 Å². The Hall–Kier alpha value is -1.76. The standard InChI is InChI=1S/C7H9N3O4/c1-3(11)7(4(2)12)5(13)8-10-9-6(7)14/h10H,1-2H3,(H,8,13)(H,9,14). The van der Waals surface area contributed by atoms with Crippen molar-refractivity contribution in [2.75, 3.05) is 0 Å². The van der Waals surface area contributed by atoms with E-state index >= 15 is 0 Å². The maximum atomic E-state index is 11.3. The second-order valence-corrected chi connectivity index (χ2v) is 2.90. The molecule has 76 valence electrons. The molecule has 1 aliphatic heterocycles. The minimum atomic E-state index is -2.24. The Morgan fingerprint density at radius 3 is 1.57 bits per heavy atom. The molecule has 2 amide bonds. The van der Waals surface area contributed by atoms with E-state index in [-0.39, 0.29) is 0 Å². The van der Waals surface area contributed by atoms with Gasteiger partial charge in [0.05, 0.1) is 0 Å². The van der Waals surface area contributed by atoms with E-state index < -0.39 is 28.8 Å². The monoisotopic (exact) mass is 199 g/mol. The fourth-order valence-corrected chi connectivity index (χ4v) is 1.32. The zero-order valence-electron chi connectivity index (χ0n) is 7.63. The molecule has 0 spiro atoms. The van der Waals surface area contributed by atoms with Crippen LogP contribution in [0.1, 0.15) is 13.8 Å². The molecule has 0 unspecified atom stereocenters. The first-order chi connectivity index (χ1) is 6.44.